The largest absolute Gasteiger partial charge is 0.325 e. The van der Waals surface area contributed by atoms with Gasteiger partial charge in [-0.2, -0.15) is 0 Å². The molecule has 2 rings (SSSR count). The third kappa shape index (κ3) is 4.61. The van der Waals surface area contributed by atoms with E-state index in [-0.39, 0.29) is 5.91 Å². The van der Waals surface area contributed by atoms with Gasteiger partial charge in [-0.1, -0.05) is 30.3 Å². The summed E-state index contributed by atoms with van der Waals surface area (Å²) in [4.78, 5) is 12.0. The number of benzene rings is 2. The van der Waals surface area contributed by atoms with Gasteiger partial charge in [0.15, 0.2) is 0 Å². The van der Waals surface area contributed by atoms with E-state index >= 15 is 0 Å². The lowest BCUT2D eigenvalue weighted by atomic mass is 10.1. The van der Waals surface area contributed by atoms with Crippen molar-refractivity contribution < 1.29 is 4.79 Å². The van der Waals surface area contributed by atoms with E-state index in [0.29, 0.717) is 6.42 Å². The number of nitrogens with two attached hydrogens (primary N) is 1. The molecule has 3 N–H and O–H groups in total. The molecule has 0 fully saturated rings. The van der Waals surface area contributed by atoms with Gasteiger partial charge < -0.3 is 11.1 Å². The van der Waals surface area contributed by atoms with Gasteiger partial charge in [0.2, 0.25) is 5.91 Å². The first-order valence-electron chi connectivity index (χ1n) is 6.51. The Bertz CT molecular complexity index is 554. The first-order valence-corrected chi connectivity index (χ1v) is 7.59. The zero-order valence-corrected chi connectivity index (χ0v) is 13.2. The minimum atomic E-state index is -0.491. The molecule has 0 aliphatic rings. The van der Waals surface area contributed by atoms with Crippen molar-refractivity contribution in [2.45, 2.75) is 18.9 Å². The molecule has 1 atom stereocenters. The average molecular weight is 380 g/mol. The molecule has 0 heterocycles. The molecule has 0 saturated carbocycles. The zero-order chi connectivity index (χ0) is 14.4. The van der Waals surface area contributed by atoms with Crippen LogP contribution in [-0.4, -0.2) is 11.9 Å². The van der Waals surface area contributed by atoms with Crippen molar-refractivity contribution in [3.8, 4) is 0 Å². The third-order valence-electron chi connectivity index (χ3n) is 3.04. The molecule has 0 spiro atoms. The van der Waals surface area contributed by atoms with Crippen LogP contribution in [0.2, 0.25) is 0 Å². The number of carbonyl (C=O) groups is 1. The molecule has 2 aromatic carbocycles. The van der Waals surface area contributed by atoms with Gasteiger partial charge in [0, 0.05) is 9.26 Å². The molecule has 104 valence electrons. The predicted octanol–water partition coefficient (Wildman–Crippen LogP) is 3.19. The number of aryl methyl sites for hydroxylation is 1. The summed E-state index contributed by atoms with van der Waals surface area (Å²) in [5.74, 6) is -0.137. The van der Waals surface area contributed by atoms with E-state index in [0.717, 1.165) is 15.7 Å². The molecule has 0 aliphatic heterocycles. The molecule has 0 saturated heterocycles. The molecule has 0 aliphatic carbocycles. The van der Waals surface area contributed by atoms with E-state index in [4.69, 9.17) is 5.73 Å². The van der Waals surface area contributed by atoms with Crippen LogP contribution in [0.3, 0.4) is 0 Å². The summed E-state index contributed by atoms with van der Waals surface area (Å²) >= 11 is 2.23. The van der Waals surface area contributed by atoms with Gasteiger partial charge in [-0.25, -0.2) is 0 Å². The highest BCUT2D eigenvalue weighted by atomic mass is 127. The fourth-order valence-corrected chi connectivity index (χ4v) is 2.23. The summed E-state index contributed by atoms with van der Waals surface area (Å²) < 4.78 is 1.13. The average Bonchev–Trinajstić information content (AvgIpc) is 2.48. The SMILES string of the molecule is N[C@@H](CCc1ccccc1)C(=O)Nc1ccc(I)cc1. The Hall–Kier alpha value is -1.40. The van der Waals surface area contributed by atoms with Crippen LogP contribution in [-0.2, 0) is 11.2 Å². The Balaban J connectivity index is 1.84. The smallest absolute Gasteiger partial charge is 0.241 e. The molecular weight excluding hydrogens is 363 g/mol. The zero-order valence-electron chi connectivity index (χ0n) is 11.1. The predicted molar refractivity (Wildman–Crippen MR) is 90.5 cm³/mol. The maximum atomic E-state index is 12.0. The van der Waals surface area contributed by atoms with Crippen LogP contribution in [0.1, 0.15) is 12.0 Å². The van der Waals surface area contributed by atoms with Crippen molar-refractivity contribution >= 4 is 34.2 Å². The number of rotatable bonds is 5. The maximum absolute atomic E-state index is 12.0. The summed E-state index contributed by atoms with van der Waals surface area (Å²) in [5, 5.41) is 2.84. The molecule has 4 heteroatoms. The molecule has 0 bridgehead atoms. The lowest BCUT2D eigenvalue weighted by Crippen LogP contribution is -2.36. The van der Waals surface area contributed by atoms with Crippen LogP contribution in [0.4, 0.5) is 5.69 Å². The van der Waals surface area contributed by atoms with Crippen molar-refractivity contribution in [1.82, 2.24) is 0 Å². The highest BCUT2D eigenvalue weighted by Crippen LogP contribution is 2.12. The minimum Gasteiger partial charge on any atom is -0.325 e. The fourth-order valence-electron chi connectivity index (χ4n) is 1.87. The minimum absolute atomic E-state index is 0.137. The fraction of sp³-hybridized carbons (Fsp3) is 0.188. The van der Waals surface area contributed by atoms with Gasteiger partial charge in [0.1, 0.15) is 0 Å². The number of amides is 1. The quantitative estimate of drug-likeness (QED) is 0.783. The van der Waals surface area contributed by atoms with Crippen LogP contribution in [0.15, 0.2) is 54.6 Å². The summed E-state index contributed by atoms with van der Waals surface area (Å²) in [6, 6.07) is 17.2. The van der Waals surface area contributed by atoms with Gasteiger partial charge in [-0.15, -0.1) is 0 Å². The third-order valence-corrected chi connectivity index (χ3v) is 3.75. The maximum Gasteiger partial charge on any atom is 0.241 e. The second-order valence-corrected chi connectivity index (χ2v) is 5.87. The van der Waals surface area contributed by atoms with Crippen molar-refractivity contribution in [3.05, 3.63) is 63.7 Å². The summed E-state index contributed by atoms with van der Waals surface area (Å²) in [6.07, 6.45) is 1.45. The van der Waals surface area contributed by atoms with Crippen molar-refractivity contribution in [1.29, 1.82) is 0 Å². The van der Waals surface area contributed by atoms with Crippen molar-refractivity contribution in [2.24, 2.45) is 5.73 Å². The first kappa shape index (κ1) is 15.0. The van der Waals surface area contributed by atoms with E-state index in [1.807, 2.05) is 54.6 Å². The van der Waals surface area contributed by atoms with Gasteiger partial charge in [0.25, 0.3) is 0 Å². The summed E-state index contributed by atoms with van der Waals surface area (Å²) in [6.45, 7) is 0. The number of nitrogens with one attached hydrogen (secondary N) is 1. The lowest BCUT2D eigenvalue weighted by Gasteiger charge is -2.12. The van der Waals surface area contributed by atoms with Crippen LogP contribution in [0.5, 0.6) is 0 Å². The Morgan fingerprint density at radius 2 is 1.75 bits per heavy atom. The summed E-state index contributed by atoms with van der Waals surface area (Å²) in [7, 11) is 0. The Morgan fingerprint density at radius 1 is 1.10 bits per heavy atom. The molecule has 2 aromatic rings. The molecule has 20 heavy (non-hydrogen) atoms. The van der Waals surface area contributed by atoms with Crippen LogP contribution >= 0.6 is 22.6 Å². The van der Waals surface area contributed by atoms with Crippen LogP contribution in [0.25, 0.3) is 0 Å². The number of anilines is 1. The molecule has 0 radical (unpaired) electrons. The Kier molecular flexibility index (Phi) is 5.55. The molecule has 1 amide bonds. The molecule has 0 unspecified atom stereocenters. The number of halogens is 1. The number of hydrogen-bond donors (Lipinski definition) is 2. The second-order valence-electron chi connectivity index (χ2n) is 4.63. The normalized spacial score (nSPS) is 11.9. The number of hydrogen-bond acceptors (Lipinski definition) is 2. The van der Waals surface area contributed by atoms with Crippen LogP contribution < -0.4 is 11.1 Å². The first-order chi connectivity index (χ1) is 9.65. The van der Waals surface area contributed by atoms with E-state index in [1.54, 1.807) is 0 Å². The van der Waals surface area contributed by atoms with Gasteiger partial charge in [0.05, 0.1) is 6.04 Å². The molecule has 0 aromatic heterocycles. The second kappa shape index (κ2) is 7.40. The van der Waals surface area contributed by atoms with Gasteiger partial charge >= 0.3 is 0 Å². The molecular formula is C16H17IN2O. The number of carbonyl (C=O) groups excluding carboxylic acids is 1. The van der Waals surface area contributed by atoms with E-state index < -0.39 is 6.04 Å². The Labute approximate surface area is 132 Å². The van der Waals surface area contributed by atoms with Gasteiger partial charge in [-0.05, 0) is 65.3 Å². The topological polar surface area (TPSA) is 55.1 Å². The van der Waals surface area contributed by atoms with Crippen molar-refractivity contribution in [3.63, 3.8) is 0 Å². The van der Waals surface area contributed by atoms with Crippen LogP contribution in [0, 0.1) is 3.57 Å². The summed E-state index contributed by atoms with van der Waals surface area (Å²) in [5.41, 5.74) is 7.91. The highest BCUT2D eigenvalue weighted by molar-refractivity contribution is 14.1. The van der Waals surface area contributed by atoms with E-state index in [1.165, 1.54) is 5.56 Å². The monoisotopic (exact) mass is 380 g/mol. The Morgan fingerprint density at radius 3 is 2.40 bits per heavy atom. The van der Waals surface area contributed by atoms with Crippen molar-refractivity contribution in [2.75, 3.05) is 5.32 Å². The van der Waals surface area contributed by atoms with E-state index in [9.17, 15) is 4.79 Å². The van der Waals surface area contributed by atoms with Gasteiger partial charge in [-0.3, -0.25) is 4.79 Å². The molecule has 3 nitrogen and oxygen atoms in total. The highest BCUT2D eigenvalue weighted by Gasteiger charge is 2.13. The lowest BCUT2D eigenvalue weighted by molar-refractivity contribution is -0.117. The standard InChI is InChI=1S/C16H17IN2O/c17-13-7-9-14(10-8-13)19-16(20)15(18)11-6-12-4-2-1-3-5-12/h1-5,7-10,15H,6,11,18H2,(H,19,20)/t15-/m0/s1. The van der Waals surface area contributed by atoms with E-state index in [2.05, 4.69) is 27.9 Å².